The molecule has 3 N–H and O–H groups in total. The van der Waals surface area contributed by atoms with Crippen LogP contribution in [0, 0.1) is 0 Å². The minimum Gasteiger partial charge on any atom is -0.404 e. The number of nitrogens with two attached hydrogens (primary N) is 1. The second-order valence-corrected chi connectivity index (χ2v) is 5.46. The SMILES string of the molecule is NC=C(C=NCC(F)(F)C(F)(F)F)c1c(C(F)(F)F)[nH]c2cc(=O)cnn2c1=O. The fourth-order valence-electron chi connectivity index (χ4n) is 2.08. The van der Waals surface area contributed by atoms with Gasteiger partial charge in [0.05, 0.1) is 11.8 Å². The molecule has 0 radical (unpaired) electrons. The number of hydrogen-bond acceptors (Lipinski definition) is 5. The van der Waals surface area contributed by atoms with E-state index >= 15 is 0 Å². The Bertz CT molecular complexity index is 1090. The molecule has 0 bridgehead atoms. The van der Waals surface area contributed by atoms with E-state index in [9.17, 15) is 44.7 Å². The normalized spacial score (nSPS) is 14.1. The van der Waals surface area contributed by atoms with E-state index < -0.39 is 58.3 Å². The van der Waals surface area contributed by atoms with Crippen LogP contribution in [0.1, 0.15) is 11.3 Å². The minimum atomic E-state index is -5.94. The third-order valence-electron chi connectivity index (χ3n) is 3.40. The molecule has 2 heterocycles. The number of hydrogen-bond donors (Lipinski definition) is 2. The summed E-state index contributed by atoms with van der Waals surface area (Å²) in [5.41, 5.74) is -1.70. The van der Waals surface area contributed by atoms with Gasteiger partial charge in [-0.15, -0.1) is 0 Å². The summed E-state index contributed by atoms with van der Waals surface area (Å²) >= 11 is 0. The molecule has 0 unspecified atom stereocenters. The Labute approximate surface area is 154 Å². The van der Waals surface area contributed by atoms with Crippen molar-refractivity contribution in [1.82, 2.24) is 14.6 Å². The van der Waals surface area contributed by atoms with Crippen molar-refractivity contribution in [2.24, 2.45) is 10.7 Å². The van der Waals surface area contributed by atoms with Gasteiger partial charge in [0.25, 0.3) is 5.56 Å². The summed E-state index contributed by atoms with van der Waals surface area (Å²) < 4.78 is 103. The van der Waals surface area contributed by atoms with Crippen LogP contribution in [0.3, 0.4) is 0 Å². The summed E-state index contributed by atoms with van der Waals surface area (Å²) in [6.45, 7) is -2.15. The highest BCUT2D eigenvalue weighted by molar-refractivity contribution is 6.10. The van der Waals surface area contributed by atoms with Crippen molar-refractivity contribution in [3.63, 3.8) is 0 Å². The molecule has 2 rings (SSSR count). The van der Waals surface area contributed by atoms with Gasteiger partial charge in [0.1, 0.15) is 17.9 Å². The van der Waals surface area contributed by atoms with Crippen LogP contribution in [0.2, 0.25) is 0 Å². The summed E-state index contributed by atoms with van der Waals surface area (Å²) in [6.07, 6.45) is -10.0. The molecule has 0 spiro atoms. The highest BCUT2D eigenvalue weighted by Gasteiger charge is 2.57. The minimum absolute atomic E-state index is 0.174. The predicted molar refractivity (Wildman–Crippen MR) is 83.6 cm³/mol. The first kappa shape index (κ1) is 22.0. The number of H-pyrrole nitrogens is 1. The number of fused-ring (bicyclic) bond motifs is 1. The maximum Gasteiger partial charge on any atom is 0.455 e. The maximum absolute atomic E-state index is 13.4. The molecule has 15 heteroatoms. The fourth-order valence-corrected chi connectivity index (χ4v) is 2.08. The molecule has 2 aromatic heterocycles. The Kier molecular flexibility index (Phi) is 5.54. The van der Waals surface area contributed by atoms with Gasteiger partial charge in [0.15, 0.2) is 0 Å². The zero-order valence-corrected chi connectivity index (χ0v) is 13.8. The van der Waals surface area contributed by atoms with E-state index in [2.05, 4.69) is 10.1 Å². The Hall–Kier alpha value is -3.26. The van der Waals surface area contributed by atoms with Crippen molar-refractivity contribution in [2.45, 2.75) is 18.3 Å². The van der Waals surface area contributed by atoms with Gasteiger partial charge >= 0.3 is 18.3 Å². The zero-order valence-electron chi connectivity index (χ0n) is 13.8. The number of nitrogens with zero attached hydrogens (tertiary/aromatic N) is 3. The average Bonchev–Trinajstić information content (AvgIpc) is 2.57. The molecule has 0 aliphatic rings. The highest BCUT2D eigenvalue weighted by Crippen LogP contribution is 2.36. The molecule has 0 aliphatic carbocycles. The number of alkyl halides is 8. The molecule has 0 amide bonds. The van der Waals surface area contributed by atoms with Crippen molar-refractivity contribution in [1.29, 1.82) is 0 Å². The molecule has 29 heavy (non-hydrogen) atoms. The fraction of sp³-hybridized carbons (Fsp3) is 0.286. The molecule has 7 nitrogen and oxygen atoms in total. The first-order valence-electron chi connectivity index (χ1n) is 7.28. The third kappa shape index (κ3) is 4.43. The van der Waals surface area contributed by atoms with Crippen molar-refractivity contribution >= 4 is 17.4 Å². The summed E-state index contributed by atoms with van der Waals surface area (Å²) in [6, 6.07) is 0.636. The largest absolute Gasteiger partial charge is 0.455 e. The smallest absolute Gasteiger partial charge is 0.404 e. The van der Waals surface area contributed by atoms with E-state index in [0.29, 0.717) is 23.0 Å². The predicted octanol–water partition coefficient (Wildman–Crippen LogP) is 1.97. The van der Waals surface area contributed by atoms with Crippen LogP contribution in [0.25, 0.3) is 11.2 Å². The lowest BCUT2D eigenvalue weighted by Gasteiger charge is -2.17. The van der Waals surface area contributed by atoms with Crippen molar-refractivity contribution in [3.05, 3.63) is 50.3 Å². The summed E-state index contributed by atoms with van der Waals surface area (Å²) in [4.78, 5) is 28.2. The Morgan fingerprint density at radius 2 is 1.79 bits per heavy atom. The van der Waals surface area contributed by atoms with Gasteiger partial charge in [-0.1, -0.05) is 0 Å². The number of nitrogens with one attached hydrogen (secondary N) is 1. The monoisotopic (exact) mass is 431 g/mol. The number of aromatic nitrogens is 3. The Morgan fingerprint density at radius 1 is 1.17 bits per heavy atom. The lowest BCUT2D eigenvalue weighted by Crippen LogP contribution is -2.39. The Morgan fingerprint density at radius 3 is 2.31 bits per heavy atom. The molecular weight excluding hydrogens is 422 g/mol. The summed E-state index contributed by atoms with van der Waals surface area (Å²) in [7, 11) is 0. The average molecular weight is 431 g/mol. The number of aromatic amines is 1. The molecule has 0 saturated heterocycles. The maximum atomic E-state index is 13.4. The van der Waals surface area contributed by atoms with Gasteiger partial charge in [0.2, 0.25) is 5.43 Å². The second kappa shape index (κ2) is 7.29. The van der Waals surface area contributed by atoms with Crippen molar-refractivity contribution in [2.75, 3.05) is 6.54 Å². The van der Waals surface area contributed by atoms with Gasteiger partial charge in [-0.05, 0) is 0 Å². The quantitative estimate of drug-likeness (QED) is 0.571. The highest BCUT2D eigenvalue weighted by atomic mass is 19.4. The lowest BCUT2D eigenvalue weighted by atomic mass is 10.1. The van der Waals surface area contributed by atoms with E-state index in [1.165, 1.54) is 0 Å². The van der Waals surface area contributed by atoms with Crippen LogP contribution >= 0.6 is 0 Å². The van der Waals surface area contributed by atoms with E-state index in [1.54, 1.807) is 4.98 Å². The Balaban J connectivity index is 2.65. The van der Waals surface area contributed by atoms with Gasteiger partial charge < -0.3 is 10.7 Å². The number of rotatable bonds is 4. The summed E-state index contributed by atoms with van der Waals surface area (Å²) in [5, 5.41) is 3.34. The van der Waals surface area contributed by atoms with E-state index in [4.69, 9.17) is 5.73 Å². The topological polar surface area (TPSA) is 106 Å². The van der Waals surface area contributed by atoms with Gasteiger partial charge in [0, 0.05) is 24.1 Å². The standard InChI is InChI=1S/C14H9F8N5O2/c15-12(16,14(20,21)22)5-24-3-6(2-23)9-10(13(17,18)19)26-8-1-7(28)4-25-27(8)11(9)29/h1-4,26H,5,23H2. The molecule has 158 valence electrons. The first-order valence-corrected chi connectivity index (χ1v) is 7.28. The molecule has 0 saturated carbocycles. The van der Waals surface area contributed by atoms with Crippen molar-refractivity contribution < 1.29 is 35.1 Å². The lowest BCUT2D eigenvalue weighted by molar-refractivity contribution is -0.276. The van der Waals surface area contributed by atoms with Gasteiger partial charge in [-0.25, -0.2) is 0 Å². The second-order valence-electron chi connectivity index (χ2n) is 5.46. The van der Waals surface area contributed by atoms with Gasteiger partial charge in [-0.3, -0.25) is 14.6 Å². The molecular formula is C14H9F8N5O2. The molecule has 0 atom stereocenters. The van der Waals surface area contributed by atoms with Crippen LogP contribution in [-0.2, 0) is 6.18 Å². The van der Waals surface area contributed by atoms with Crippen LogP contribution in [0.15, 0.2) is 33.0 Å². The molecule has 0 aliphatic heterocycles. The molecule has 2 aromatic rings. The van der Waals surface area contributed by atoms with Crippen LogP contribution < -0.4 is 16.7 Å². The van der Waals surface area contributed by atoms with Crippen LogP contribution in [0.5, 0.6) is 0 Å². The van der Waals surface area contributed by atoms with Crippen LogP contribution in [0.4, 0.5) is 35.1 Å². The number of halogens is 8. The van der Waals surface area contributed by atoms with Crippen molar-refractivity contribution in [3.8, 4) is 0 Å². The number of allylic oxidation sites excluding steroid dienone is 1. The van der Waals surface area contributed by atoms with E-state index in [0.717, 1.165) is 0 Å². The van der Waals surface area contributed by atoms with E-state index in [-0.39, 0.29) is 6.21 Å². The van der Waals surface area contributed by atoms with Crippen LogP contribution in [-0.4, -0.2) is 39.5 Å². The zero-order chi connectivity index (χ0) is 22.2. The van der Waals surface area contributed by atoms with Gasteiger partial charge in [-0.2, -0.15) is 44.7 Å². The number of aliphatic imine (C=N–C) groups is 1. The summed E-state index contributed by atoms with van der Waals surface area (Å²) in [5.74, 6) is -5.26. The molecule has 0 fully saturated rings. The third-order valence-corrected chi connectivity index (χ3v) is 3.40. The molecule has 0 aromatic carbocycles. The van der Waals surface area contributed by atoms with E-state index in [1.807, 2.05) is 0 Å². The first-order chi connectivity index (χ1) is 13.2.